The number of ether oxygens (including phenoxy) is 1. The second kappa shape index (κ2) is 10.7. The summed E-state index contributed by atoms with van der Waals surface area (Å²) in [4.78, 5) is 12.8. The molecule has 2 N–H and O–H groups in total. The Labute approximate surface area is 207 Å². The molecule has 3 rings (SSSR count). The Bertz CT molecular complexity index is 1310. The van der Waals surface area contributed by atoms with Gasteiger partial charge in [-0.05, 0) is 82.9 Å². The summed E-state index contributed by atoms with van der Waals surface area (Å²) in [6.07, 6.45) is 1.36. The van der Waals surface area contributed by atoms with E-state index in [-0.39, 0.29) is 16.4 Å². The zero-order valence-corrected chi connectivity index (χ0v) is 21.2. The Kier molecular flexibility index (Phi) is 7.95. The molecule has 178 valence electrons. The van der Waals surface area contributed by atoms with Crippen molar-refractivity contribution in [3.8, 4) is 11.5 Å². The van der Waals surface area contributed by atoms with Crippen LogP contribution in [0.4, 0.5) is 5.69 Å². The highest BCUT2D eigenvalue weighted by Gasteiger charge is 2.27. The lowest BCUT2D eigenvalue weighted by Gasteiger charge is -2.24. The number of hydrogen-bond donors (Lipinski definition) is 2. The van der Waals surface area contributed by atoms with E-state index >= 15 is 0 Å². The third-order valence-corrected chi connectivity index (χ3v) is 7.18. The third kappa shape index (κ3) is 5.95. The molecule has 0 aliphatic heterocycles. The lowest BCUT2D eigenvalue weighted by molar-refractivity contribution is -0.119. The minimum absolute atomic E-state index is 0.0566. The number of amides is 1. The Morgan fingerprint density at radius 3 is 2.38 bits per heavy atom. The molecule has 0 radical (unpaired) electrons. The number of phenols is 1. The van der Waals surface area contributed by atoms with Crippen molar-refractivity contribution in [2.75, 3.05) is 18.0 Å². The maximum Gasteiger partial charge on any atom is 0.264 e. The van der Waals surface area contributed by atoms with Gasteiger partial charge in [0.2, 0.25) is 0 Å². The van der Waals surface area contributed by atoms with Gasteiger partial charge in [-0.25, -0.2) is 13.8 Å². The first-order chi connectivity index (χ1) is 16.1. The molecule has 0 fully saturated rings. The van der Waals surface area contributed by atoms with Crippen molar-refractivity contribution in [1.82, 2.24) is 5.43 Å². The monoisotopic (exact) mass is 545 g/mol. The summed E-state index contributed by atoms with van der Waals surface area (Å²) in [6.45, 7) is 3.25. The van der Waals surface area contributed by atoms with Crippen molar-refractivity contribution < 1.29 is 23.1 Å². The van der Waals surface area contributed by atoms with Crippen LogP contribution < -0.4 is 14.5 Å². The number of phenolic OH excluding ortho intramolecular Hbond substituents is 1. The van der Waals surface area contributed by atoms with Gasteiger partial charge in [0.1, 0.15) is 6.54 Å². The van der Waals surface area contributed by atoms with E-state index in [4.69, 9.17) is 4.74 Å². The van der Waals surface area contributed by atoms with E-state index in [1.165, 1.54) is 31.5 Å². The number of nitrogens with one attached hydrogen (secondary N) is 1. The maximum atomic E-state index is 13.4. The normalized spacial score (nSPS) is 11.4. The number of carbonyl (C=O) groups is 1. The SMILES string of the molecule is COc1cc(/C=N\NC(=O)CN(c2cc(C)cc(C)c2)S(=O)(=O)c2ccccc2)cc(Br)c1O. The van der Waals surface area contributed by atoms with Crippen molar-refractivity contribution in [2.45, 2.75) is 18.7 Å². The largest absolute Gasteiger partial charge is 0.503 e. The molecular weight excluding hydrogens is 522 g/mol. The standard InChI is InChI=1S/C24H24BrN3O5S/c1-16-9-17(2)11-19(10-16)28(34(31,32)20-7-5-4-6-8-20)15-23(29)27-26-14-18-12-21(25)24(30)22(13-18)33-3/h4-14,30H,15H2,1-3H3,(H,27,29)/b26-14-. The number of methoxy groups -OCH3 is 1. The van der Waals surface area contributed by atoms with E-state index in [9.17, 15) is 18.3 Å². The van der Waals surface area contributed by atoms with Crippen LogP contribution >= 0.6 is 15.9 Å². The summed E-state index contributed by atoms with van der Waals surface area (Å²) in [5.74, 6) is -0.448. The molecule has 3 aromatic rings. The lowest BCUT2D eigenvalue weighted by Crippen LogP contribution is -2.39. The molecule has 0 spiro atoms. The first-order valence-corrected chi connectivity index (χ1v) is 12.4. The van der Waals surface area contributed by atoms with Crippen molar-refractivity contribution in [3.63, 3.8) is 0 Å². The predicted molar refractivity (Wildman–Crippen MR) is 135 cm³/mol. The second-order valence-electron chi connectivity index (χ2n) is 7.52. The molecule has 3 aromatic carbocycles. The zero-order valence-electron chi connectivity index (χ0n) is 18.8. The molecule has 8 nitrogen and oxygen atoms in total. The minimum Gasteiger partial charge on any atom is -0.503 e. The van der Waals surface area contributed by atoms with Crippen molar-refractivity contribution in [2.24, 2.45) is 5.10 Å². The van der Waals surface area contributed by atoms with Crippen molar-refractivity contribution in [3.05, 3.63) is 81.8 Å². The summed E-state index contributed by atoms with van der Waals surface area (Å²) in [6, 6.07) is 16.4. The van der Waals surface area contributed by atoms with Crippen molar-refractivity contribution >= 4 is 43.8 Å². The van der Waals surface area contributed by atoms with E-state index in [0.29, 0.717) is 15.7 Å². The summed E-state index contributed by atoms with van der Waals surface area (Å²) in [5, 5.41) is 13.8. The molecule has 0 aliphatic carbocycles. The average Bonchev–Trinajstić information content (AvgIpc) is 2.79. The average molecular weight is 546 g/mol. The van der Waals surface area contributed by atoms with Crippen LogP contribution in [0.15, 0.2) is 75.1 Å². The Morgan fingerprint density at radius 1 is 1.12 bits per heavy atom. The number of nitrogens with zero attached hydrogens (tertiary/aromatic N) is 2. The van der Waals surface area contributed by atoms with Crippen LogP contribution in [0.25, 0.3) is 0 Å². The number of rotatable bonds is 8. The van der Waals surface area contributed by atoms with Crippen LogP contribution in [0.5, 0.6) is 11.5 Å². The maximum absolute atomic E-state index is 13.4. The summed E-state index contributed by atoms with van der Waals surface area (Å²) in [7, 11) is -2.59. The number of hydrogen-bond acceptors (Lipinski definition) is 6. The Hall–Kier alpha value is -3.37. The smallest absolute Gasteiger partial charge is 0.264 e. The van der Waals surface area contributed by atoms with E-state index < -0.39 is 22.5 Å². The van der Waals surface area contributed by atoms with Gasteiger partial charge in [0.15, 0.2) is 11.5 Å². The van der Waals surface area contributed by atoms with Crippen LogP contribution in [0.3, 0.4) is 0 Å². The minimum atomic E-state index is -4.01. The molecule has 34 heavy (non-hydrogen) atoms. The van der Waals surface area contributed by atoms with Gasteiger partial charge in [0.05, 0.1) is 28.4 Å². The van der Waals surface area contributed by atoms with E-state index in [1.807, 2.05) is 19.9 Å². The number of halogens is 1. The van der Waals surface area contributed by atoms with Gasteiger partial charge < -0.3 is 9.84 Å². The number of benzene rings is 3. The zero-order chi connectivity index (χ0) is 24.9. The predicted octanol–water partition coefficient (Wildman–Crippen LogP) is 4.13. The van der Waals surface area contributed by atoms with Gasteiger partial charge in [-0.15, -0.1) is 0 Å². The Morgan fingerprint density at radius 2 is 1.76 bits per heavy atom. The van der Waals surface area contributed by atoms with Crippen LogP contribution in [0.2, 0.25) is 0 Å². The molecule has 0 aromatic heterocycles. The number of carbonyl (C=O) groups excluding carboxylic acids is 1. The number of aromatic hydroxyl groups is 1. The number of hydrazone groups is 1. The molecule has 1 amide bonds. The third-order valence-electron chi connectivity index (χ3n) is 4.79. The second-order valence-corrected chi connectivity index (χ2v) is 10.2. The van der Waals surface area contributed by atoms with Gasteiger partial charge in [0, 0.05) is 0 Å². The lowest BCUT2D eigenvalue weighted by atomic mass is 10.1. The summed E-state index contributed by atoms with van der Waals surface area (Å²) >= 11 is 3.22. The first kappa shape index (κ1) is 25.3. The fourth-order valence-corrected chi connectivity index (χ4v) is 5.18. The first-order valence-electron chi connectivity index (χ1n) is 10.2. The van der Waals surface area contributed by atoms with Crippen LogP contribution in [-0.4, -0.2) is 39.3 Å². The van der Waals surface area contributed by atoms with Gasteiger partial charge in [-0.3, -0.25) is 9.10 Å². The van der Waals surface area contributed by atoms with Crippen molar-refractivity contribution in [1.29, 1.82) is 0 Å². The highest BCUT2D eigenvalue weighted by atomic mass is 79.9. The number of aryl methyl sites for hydroxylation is 2. The molecule has 0 saturated heterocycles. The molecule has 0 atom stereocenters. The fraction of sp³-hybridized carbons (Fsp3) is 0.167. The summed E-state index contributed by atoms with van der Waals surface area (Å²) < 4.78 is 33.3. The van der Waals surface area contributed by atoms with Crippen LogP contribution in [0.1, 0.15) is 16.7 Å². The molecular formula is C24H24BrN3O5S. The van der Waals surface area contributed by atoms with Gasteiger partial charge in [-0.1, -0.05) is 24.3 Å². The highest BCUT2D eigenvalue weighted by molar-refractivity contribution is 9.10. The molecule has 0 unspecified atom stereocenters. The number of anilines is 1. The van der Waals surface area contributed by atoms with Gasteiger partial charge >= 0.3 is 0 Å². The molecule has 10 heteroatoms. The van der Waals surface area contributed by atoms with Crippen LogP contribution in [0, 0.1) is 13.8 Å². The van der Waals surface area contributed by atoms with Gasteiger partial charge in [-0.2, -0.15) is 5.10 Å². The Balaban J connectivity index is 1.86. The summed E-state index contributed by atoms with van der Waals surface area (Å²) in [5.41, 5.74) is 5.03. The van der Waals surface area contributed by atoms with Crippen LogP contribution in [-0.2, 0) is 14.8 Å². The van der Waals surface area contributed by atoms with E-state index in [2.05, 4.69) is 26.5 Å². The fourth-order valence-electron chi connectivity index (χ4n) is 3.30. The van der Waals surface area contributed by atoms with E-state index in [0.717, 1.165) is 15.4 Å². The topological polar surface area (TPSA) is 108 Å². The molecule has 0 aliphatic rings. The van der Waals surface area contributed by atoms with E-state index in [1.54, 1.807) is 36.4 Å². The molecule has 0 heterocycles. The molecule has 0 saturated carbocycles. The number of sulfonamides is 1. The quantitative estimate of drug-likeness (QED) is 0.327. The highest BCUT2D eigenvalue weighted by Crippen LogP contribution is 2.34. The van der Waals surface area contributed by atoms with Gasteiger partial charge in [0.25, 0.3) is 15.9 Å². The molecule has 0 bridgehead atoms.